The number of halogens is 2. The van der Waals surface area contributed by atoms with Crippen LogP contribution in [0.5, 0.6) is 0 Å². The second-order valence-corrected chi connectivity index (χ2v) is 7.53. The summed E-state index contributed by atoms with van der Waals surface area (Å²) in [5, 5.41) is 3.18. The number of nitrogens with two attached hydrogens (primary N) is 1. The summed E-state index contributed by atoms with van der Waals surface area (Å²) < 4.78 is 0. The molecule has 4 nitrogen and oxygen atoms in total. The highest BCUT2D eigenvalue weighted by Gasteiger charge is 2.49. The molecule has 5 atom stereocenters. The molecule has 2 fully saturated rings. The summed E-state index contributed by atoms with van der Waals surface area (Å²) in [5.41, 5.74) is 9.63. The van der Waals surface area contributed by atoms with Crippen LogP contribution in [0.2, 0.25) is 0 Å². The van der Waals surface area contributed by atoms with Crippen molar-refractivity contribution in [3.63, 3.8) is 0 Å². The highest BCUT2D eigenvalue weighted by molar-refractivity contribution is 5.85. The third-order valence-electron chi connectivity index (χ3n) is 6.05. The second-order valence-electron chi connectivity index (χ2n) is 7.53. The van der Waals surface area contributed by atoms with Gasteiger partial charge in [-0.05, 0) is 60.8 Å². The molecule has 0 radical (unpaired) electrons. The van der Waals surface area contributed by atoms with Gasteiger partial charge in [-0.1, -0.05) is 30.3 Å². The van der Waals surface area contributed by atoms with E-state index in [4.69, 9.17) is 5.73 Å². The highest BCUT2D eigenvalue weighted by atomic mass is 35.5. The smallest absolute Gasteiger partial charge is 0.225 e. The Kier molecular flexibility index (Phi) is 7.26. The summed E-state index contributed by atoms with van der Waals surface area (Å²) in [4.78, 5) is 16.9. The van der Waals surface area contributed by atoms with Crippen LogP contribution in [0.4, 0.5) is 0 Å². The number of carbonyl (C=O) groups is 1. The molecule has 27 heavy (non-hydrogen) atoms. The summed E-state index contributed by atoms with van der Waals surface area (Å²) in [6, 6.07) is 12.3. The molecule has 6 heteroatoms. The van der Waals surface area contributed by atoms with Crippen molar-refractivity contribution in [2.45, 2.75) is 38.3 Å². The molecule has 0 aliphatic heterocycles. The zero-order valence-electron chi connectivity index (χ0n) is 15.4. The van der Waals surface area contributed by atoms with Crippen molar-refractivity contribution < 1.29 is 4.79 Å². The molecule has 2 aromatic rings. The van der Waals surface area contributed by atoms with E-state index < -0.39 is 0 Å². The molecule has 4 rings (SSSR count). The molecule has 2 aliphatic carbocycles. The van der Waals surface area contributed by atoms with Crippen LogP contribution in [0.1, 0.15) is 37.8 Å². The molecule has 1 amide bonds. The molecule has 0 spiro atoms. The van der Waals surface area contributed by atoms with Gasteiger partial charge in [0, 0.05) is 18.4 Å². The van der Waals surface area contributed by atoms with Crippen molar-refractivity contribution in [2.75, 3.05) is 0 Å². The van der Waals surface area contributed by atoms with E-state index in [-0.39, 0.29) is 48.7 Å². The van der Waals surface area contributed by atoms with Crippen molar-refractivity contribution in [3.05, 3.63) is 54.4 Å². The van der Waals surface area contributed by atoms with Crippen molar-refractivity contribution >= 4 is 30.7 Å². The Morgan fingerprint density at radius 3 is 2.41 bits per heavy atom. The SMILES string of the molecule is CC(NC(=O)C1C2CCC(C2)C1N)c1ccc(-c2cccnc2)cc1.Cl.Cl. The van der Waals surface area contributed by atoms with Crippen molar-refractivity contribution in [2.24, 2.45) is 23.5 Å². The van der Waals surface area contributed by atoms with E-state index in [1.807, 2.05) is 25.3 Å². The summed E-state index contributed by atoms with van der Waals surface area (Å²) in [5.74, 6) is 1.16. The first-order valence-electron chi connectivity index (χ1n) is 9.20. The van der Waals surface area contributed by atoms with Crippen LogP contribution in [0.15, 0.2) is 48.8 Å². The maximum atomic E-state index is 12.7. The zero-order chi connectivity index (χ0) is 17.4. The number of pyridine rings is 1. The van der Waals surface area contributed by atoms with Gasteiger partial charge in [0.15, 0.2) is 0 Å². The van der Waals surface area contributed by atoms with Crippen LogP contribution in [0.3, 0.4) is 0 Å². The van der Waals surface area contributed by atoms with E-state index in [1.54, 1.807) is 6.20 Å². The number of rotatable bonds is 4. The highest BCUT2D eigenvalue weighted by Crippen LogP contribution is 2.47. The van der Waals surface area contributed by atoms with E-state index in [2.05, 4.69) is 34.6 Å². The minimum atomic E-state index is -0.0122. The first-order chi connectivity index (χ1) is 12.1. The lowest BCUT2D eigenvalue weighted by molar-refractivity contribution is -0.127. The number of hydrogen-bond donors (Lipinski definition) is 2. The molecule has 146 valence electrons. The van der Waals surface area contributed by atoms with Gasteiger partial charge in [-0.2, -0.15) is 0 Å². The molecule has 1 heterocycles. The average Bonchev–Trinajstić information content (AvgIpc) is 3.23. The quantitative estimate of drug-likeness (QED) is 0.799. The molecule has 5 unspecified atom stereocenters. The van der Waals surface area contributed by atoms with Crippen molar-refractivity contribution in [3.8, 4) is 11.1 Å². The van der Waals surface area contributed by atoms with E-state index in [0.717, 1.165) is 29.5 Å². The van der Waals surface area contributed by atoms with Gasteiger partial charge in [-0.15, -0.1) is 24.8 Å². The number of amides is 1. The largest absolute Gasteiger partial charge is 0.349 e. The molecule has 1 aromatic heterocycles. The van der Waals surface area contributed by atoms with Crippen LogP contribution in [0.25, 0.3) is 11.1 Å². The summed E-state index contributed by atoms with van der Waals surface area (Å²) in [6.07, 6.45) is 7.12. The maximum absolute atomic E-state index is 12.7. The van der Waals surface area contributed by atoms with Gasteiger partial charge in [0.05, 0.1) is 12.0 Å². The van der Waals surface area contributed by atoms with Crippen LogP contribution in [-0.2, 0) is 4.79 Å². The Labute approximate surface area is 173 Å². The van der Waals surface area contributed by atoms with Crippen LogP contribution >= 0.6 is 24.8 Å². The third kappa shape index (κ3) is 4.29. The topological polar surface area (TPSA) is 68.0 Å². The maximum Gasteiger partial charge on any atom is 0.225 e. The monoisotopic (exact) mass is 407 g/mol. The Bertz CT molecular complexity index is 752. The minimum absolute atomic E-state index is 0. The van der Waals surface area contributed by atoms with Gasteiger partial charge in [0.1, 0.15) is 0 Å². The van der Waals surface area contributed by atoms with Gasteiger partial charge >= 0.3 is 0 Å². The number of nitrogens with zero attached hydrogens (tertiary/aromatic N) is 1. The number of benzene rings is 1. The fourth-order valence-corrected chi connectivity index (χ4v) is 4.62. The summed E-state index contributed by atoms with van der Waals surface area (Å²) in [7, 11) is 0. The summed E-state index contributed by atoms with van der Waals surface area (Å²) >= 11 is 0. The lowest BCUT2D eigenvalue weighted by Gasteiger charge is -2.28. The van der Waals surface area contributed by atoms with Gasteiger partial charge in [0.2, 0.25) is 5.91 Å². The zero-order valence-corrected chi connectivity index (χ0v) is 17.0. The Hall–Kier alpha value is -1.62. The Balaban J connectivity index is 0.00000131. The predicted octanol–water partition coefficient (Wildman–Crippen LogP) is 4.14. The van der Waals surface area contributed by atoms with E-state index in [9.17, 15) is 4.79 Å². The van der Waals surface area contributed by atoms with Gasteiger partial charge in [-0.3, -0.25) is 9.78 Å². The van der Waals surface area contributed by atoms with Gasteiger partial charge in [-0.25, -0.2) is 0 Å². The average molecular weight is 408 g/mol. The summed E-state index contributed by atoms with van der Waals surface area (Å²) in [6.45, 7) is 2.04. The molecule has 0 saturated heterocycles. The number of nitrogens with one attached hydrogen (secondary N) is 1. The van der Waals surface area contributed by atoms with Crippen LogP contribution in [0, 0.1) is 17.8 Å². The first kappa shape index (κ1) is 21.7. The van der Waals surface area contributed by atoms with E-state index >= 15 is 0 Å². The minimum Gasteiger partial charge on any atom is -0.349 e. The lowest BCUT2D eigenvalue weighted by atomic mass is 9.84. The van der Waals surface area contributed by atoms with Crippen molar-refractivity contribution in [1.82, 2.24) is 10.3 Å². The second kappa shape index (κ2) is 9.05. The molecular formula is C21H27Cl2N3O. The molecule has 1 aromatic carbocycles. The number of fused-ring (bicyclic) bond motifs is 2. The van der Waals surface area contributed by atoms with Crippen molar-refractivity contribution in [1.29, 1.82) is 0 Å². The van der Waals surface area contributed by atoms with Crippen LogP contribution in [-0.4, -0.2) is 16.9 Å². The van der Waals surface area contributed by atoms with Gasteiger partial charge in [0.25, 0.3) is 0 Å². The van der Waals surface area contributed by atoms with E-state index in [1.165, 1.54) is 6.42 Å². The standard InChI is InChI=1S/C21H25N3O.2ClH/c1-13(24-21(25)19-16-8-9-17(11-16)20(19)22)14-4-6-15(7-5-14)18-3-2-10-23-12-18;;/h2-7,10,12-13,16-17,19-20H,8-9,11,22H2,1H3,(H,24,25);2*1H. The normalized spacial score (nSPS) is 26.6. The molecule has 2 aliphatic rings. The molecule has 2 bridgehead atoms. The Morgan fingerprint density at radius 2 is 1.81 bits per heavy atom. The number of hydrogen-bond acceptors (Lipinski definition) is 3. The number of carbonyl (C=O) groups excluding carboxylic acids is 1. The predicted molar refractivity (Wildman–Crippen MR) is 113 cm³/mol. The lowest BCUT2D eigenvalue weighted by Crippen LogP contribution is -2.45. The molecule has 3 N–H and O–H groups in total. The van der Waals surface area contributed by atoms with Crippen LogP contribution < -0.4 is 11.1 Å². The third-order valence-corrected chi connectivity index (χ3v) is 6.05. The fraction of sp³-hybridized carbons (Fsp3) is 0.429. The Morgan fingerprint density at radius 1 is 1.11 bits per heavy atom. The fourth-order valence-electron chi connectivity index (χ4n) is 4.62. The van der Waals surface area contributed by atoms with Gasteiger partial charge < -0.3 is 11.1 Å². The molecule has 2 saturated carbocycles. The number of aromatic nitrogens is 1. The van der Waals surface area contributed by atoms with E-state index in [0.29, 0.717) is 11.8 Å². The molecular weight excluding hydrogens is 381 g/mol. The first-order valence-corrected chi connectivity index (χ1v) is 9.20.